The van der Waals surface area contributed by atoms with Gasteiger partial charge in [0.2, 0.25) is 0 Å². The van der Waals surface area contributed by atoms with Crippen LogP contribution in [-0.2, 0) is 11.3 Å². The summed E-state index contributed by atoms with van der Waals surface area (Å²) in [5.41, 5.74) is 3.89. The van der Waals surface area contributed by atoms with Crippen molar-refractivity contribution in [1.82, 2.24) is 15.2 Å². The summed E-state index contributed by atoms with van der Waals surface area (Å²) in [6.07, 6.45) is 4.49. The van der Waals surface area contributed by atoms with Gasteiger partial charge in [0.25, 0.3) is 5.56 Å². The second-order valence-corrected chi connectivity index (χ2v) is 8.15. The van der Waals surface area contributed by atoms with E-state index in [9.17, 15) is 4.79 Å². The van der Waals surface area contributed by atoms with Crippen molar-refractivity contribution < 1.29 is 4.74 Å². The minimum atomic E-state index is -0.0498. The van der Waals surface area contributed by atoms with E-state index in [4.69, 9.17) is 17.0 Å². The Hall–Kier alpha value is -1.92. The van der Waals surface area contributed by atoms with Crippen molar-refractivity contribution in [3.05, 3.63) is 45.2 Å². The molecule has 1 saturated heterocycles. The molecule has 0 spiro atoms. The third-order valence-corrected chi connectivity index (χ3v) is 5.70. The Morgan fingerprint density at radius 2 is 2.18 bits per heavy atom. The number of hydrogen-bond acceptors (Lipinski definition) is 3. The average Bonchev–Trinajstić information content (AvgIpc) is 3.15. The first-order valence-electron chi connectivity index (χ1n) is 10.3. The first-order chi connectivity index (χ1) is 13.5. The summed E-state index contributed by atoms with van der Waals surface area (Å²) in [7, 11) is 0. The number of thiocarbonyl (C=S) groups is 1. The molecule has 152 valence electrons. The number of rotatable bonds is 7. The zero-order valence-electron chi connectivity index (χ0n) is 17.1. The quantitative estimate of drug-likeness (QED) is 0.546. The van der Waals surface area contributed by atoms with E-state index >= 15 is 0 Å². The Morgan fingerprint density at radius 3 is 2.89 bits per heavy atom. The number of aromatic nitrogens is 1. The SMILES string of the molecule is CCCCNC(=S)N(Cc1cc2c(C)cc(C)cc2[nH]c1=O)C[C@@H]1CCCO1. The summed E-state index contributed by atoms with van der Waals surface area (Å²) in [6, 6.07) is 6.18. The van der Waals surface area contributed by atoms with Crippen LogP contribution in [0, 0.1) is 13.8 Å². The summed E-state index contributed by atoms with van der Waals surface area (Å²) in [5, 5.41) is 5.13. The smallest absolute Gasteiger partial charge is 0.253 e. The summed E-state index contributed by atoms with van der Waals surface area (Å²) in [4.78, 5) is 17.9. The number of benzene rings is 1. The van der Waals surface area contributed by atoms with E-state index in [1.807, 2.05) is 19.1 Å². The van der Waals surface area contributed by atoms with E-state index in [0.717, 1.165) is 60.9 Å². The van der Waals surface area contributed by atoms with Crippen molar-refractivity contribution in [3.8, 4) is 0 Å². The highest BCUT2D eigenvalue weighted by Gasteiger charge is 2.22. The van der Waals surface area contributed by atoms with Crippen LogP contribution in [0.1, 0.15) is 49.3 Å². The molecule has 0 bridgehead atoms. The lowest BCUT2D eigenvalue weighted by molar-refractivity contribution is 0.0897. The van der Waals surface area contributed by atoms with Gasteiger partial charge in [0.05, 0.1) is 12.6 Å². The van der Waals surface area contributed by atoms with Crippen molar-refractivity contribution in [3.63, 3.8) is 0 Å². The van der Waals surface area contributed by atoms with Crippen LogP contribution in [0.25, 0.3) is 10.9 Å². The third-order valence-electron chi connectivity index (χ3n) is 5.29. The largest absolute Gasteiger partial charge is 0.376 e. The first-order valence-corrected chi connectivity index (χ1v) is 10.7. The summed E-state index contributed by atoms with van der Waals surface area (Å²) in [5.74, 6) is 0. The molecule has 1 aromatic heterocycles. The molecule has 28 heavy (non-hydrogen) atoms. The molecular weight excluding hydrogens is 370 g/mol. The predicted molar refractivity (Wildman–Crippen MR) is 119 cm³/mol. The lowest BCUT2D eigenvalue weighted by atomic mass is 10.0. The van der Waals surface area contributed by atoms with E-state index in [0.29, 0.717) is 18.2 Å². The van der Waals surface area contributed by atoms with E-state index in [1.54, 1.807) is 0 Å². The predicted octanol–water partition coefficient (Wildman–Crippen LogP) is 3.80. The molecule has 0 unspecified atom stereocenters. The molecular formula is C22H31N3O2S. The number of aromatic amines is 1. The number of nitrogens with zero attached hydrogens (tertiary/aromatic N) is 1. The zero-order chi connectivity index (χ0) is 20.1. The molecule has 2 N–H and O–H groups in total. The molecule has 1 aliphatic heterocycles. The normalized spacial score (nSPS) is 16.5. The summed E-state index contributed by atoms with van der Waals surface area (Å²) < 4.78 is 5.81. The molecule has 0 aliphatic carbocycles. The average molecular weight is 402 g/mol. The fourth-order valence-corrected chi connectivity index (χ4v) is 4.02. The van der Waals surface area contributed by atoms with Crippen LogP contribution in [0.5, 0.6) is 0 Å². The number of hydrogen-bond donors (Lipinski definition) is 2. The maximum absolute atomic E-state index is 12.7. The Morgan fingerprint density at radius 1 is 1.36 bits per heavy atom. The Labute approximate surface area is 172 Å². The van der Waals surface area contributed by atoms with Crippen LogP contribution >= 0.6 is 12.2 Å². The first kappa shape index (κ1) is 20.8. The Kier molecular flexibility index (Phi) is 7.08. The van der Waals surface area contributed by atoms with Gasteiger partial charge in [-0.05, 0) is 68.6 Å². The van der Waals surface area contributed by atoms with Crippen LogP contribution < -0.4 is 10.9 Å². The second kappa shape index (κ2) is 9.52. The molecule has 1 aromatic carbocycles. The number of H-pyrrole nitrogens is 1. The lowest BCUT2D eigenvalue weighted by Crippen LogP contribution is -2.44. The molecule has 0 amide bonds. The molecule has 5 nitrogen and oxygen atoms in total. The molecule has 1 aliphatic rings. The minimum Gasteiger partial charge on any atom is -0.376 e. The zero-order valence-corrected chi connectivity index (χ0v) is 18.0. The fraction of sp³-hybridized carbons (Fsp3) is 0.545. The summed E-state index contributed by atoms with van der Waals surface area (Å²) >= 11 is 5.65. The van der Waals surface area contributed by atoms with Gasteiger partial charge in [-0.15, -0.1) is 0 Å². The van der Waals surface area contributed by atoms with Crippen molar-refractivity contribution in [2.75, 3.05) is 19.7 Å². The van der Waals surface area contributed by atoms with Gasteiger partial charge >= 0.3 is 0 Å². The van der Waals surface area contributed by atoms with Crippen LogP contribution in [0.15, 0.2) is 23.0 Å². The minimum absolute atomic E-state index is 0.0498. The molecule has 0 saturated carbocycles. The Balaban J connectivity index is 1.85. The van der Waals surface area contributed by atoms with Gasteiger partial charge in [0, 0.05) is 36.2 Å². The molecule has 1 fully saturated rings. The van der Waals surface area contributed by atoms with E-state index in [2.05, 4.69) is 35.1 Å². The number of unbranched alkanes of at least 4 members (excludes halogenated alkanes) is 1. The van der Waals surface area contributed by atoms with Gasteiger partial charge in [-0.3, -0.25) is 4.79 Å². The van der Waals surface area contributed by atoms with Crippen LogP contribution in [0.4, 0.5) is 0 Å². The van der Waals surface area contributed by atoms with Gasteiger partial charge in [0.15, 0.2) is 5.11 Å². The summed E-state index contributed by atoms with van der Waals surface area (Å²) in [6.45, 7) is 9.14. The second-order valence-electron chi connectivity index (χ2n) is 7.77. The third kappa shape index (κ3) is 5.11. The van der Waals surface area contributed by atoms with Gasteiger partial charge in [-0.1, -0.05) is 19.4 Å². The maximum atomic E-state index is 12.7. The molecule has 1 atom stereocenters. The van der Waals surface area contributed by atoms with Crippen molar-refractivity contribution in [2.24, 2.45) is 0 Å². The van der Waals surface area contributed by atoms with Gasteiger partial charge in [-0.2, -0.15) is 0 Å². The fourth-order valence-electron chi connectivity index (χ4n) is 3.78. The van der Waals surface area contributed by atoms with Crippen molar-refractivity contribution in [1.29, 1.82) is 0 Å². The van der Waals surface area contributed by atoms with Gasteiger partial charge in [-0.25, -0.2) is 0 Å². The molecule has 6 heteroatoms. The highest BCUT2D eigenvalue weighted by Crippen LogP contribution is 2.20. The molecule has 3 rings (SSSR count). The highest BCUT2D eigenvalue weighted by atomic mass is 32.1. The van der Waals surface area contributed by atoms with E-state index in [1.165, 1.54) is 5.56 Å². The van der Waals surface area contributed by atoms with Crippen molar-refractivity contribution in [2.45, 2.75) is 59.1 Å². The standard InChI is InChI=1S/C22H31N3O2S/c1-4-5-8-23-22(28)25(14-18-7-6-9-27-18)13-17-12-19-16(3)10-15(2)11-20(19)24-21(17)26/h10-12,18H,4-9,13-14H2,1-3H3,(H,23,28)(H,24,26)/t18-/m0/s1. The monoisotopic (exact) mass is 401 g/mol. The number of nitrogens with one attached hydrogen (secondary N) is 2. The van der Waals surface area contributed by atoms with E-state index in [-0.39, 0.29) is 11.7 Å². The van der Waals surface area contributed by atoms with Crippen molar-refractivity contribution >= 4 is 28.2 Å². The number of ether oxygens (including phenoxy) is 1. The molecule has 0 radical (unpaired) electrons. The van der Waals surface area contributed by atoms with Crippen LogP contribution in [-0.4, -0.2) is 40.8 Å². The number of pyridine rings is 1. The van der Waals surface area contributed by atoms with Crippen LogP contribution in [0.2, 0.25) is 0 Å². The van der Waals surface area contributed by atoms with Gasteiger partial charge < -0.3 is 19.9 Å². The molecule has 2 heterocycles. The molecule has 2 aromatic rings. The number of aryl methyl sites for hydroxylation is 2. The highest BCUT2D eigenvalue weighted by molar-refractivity contribution is 7.80. The maximum Gasteiger partial charge on any atom is 0.253 e. The van der Waals surface area contributed by atoms with E-state index < -0.39 is 0 Å². The lowest BCUT2D eigenvalue weighted by Gasteiger charge is -2.28. The Bertz CT molecular complexity index is 887. The van der Waals surface area contributed by atoms with Gasteiger partial charge in [0.1, 0.15) is 0 Å². The topological polar surface area (TPSA) is 57.4 Å². The number of fused-ring (bicyclic) bond motifs is 1. The van der Waals surface area contributed by atoms with Crippen LogP contribution in [0.3, 0.4) is 0 Å².